The van der Waals surface area contributed by atoms with Crippen molar-refractivity contribution in [1.82, 2.24) is 5.32 Å². The number of rotatable bonds is 7. The molecule has 0 radical (unpaired) electrons. The highest BCUT2D eigenvalue weighted by atomic mass is 16.5. The molecule has 0 aromatic heterocycles. The fraction of sp³-hybridized carbons (Fsp3) is 0.462. The maximum Gasteiger partial charge on any atom is 0.221 e. The average Bonchev–Trinajstić information content (AvgIpc) is 2.34. The maximum absolute atomic E-state index is 11.3. The molecular formula is C13H21N3O2. The lowest BCUT2D eigenvalue weighted by molar-refractivity contribution is -0.120. The Balaban J connectivity index is 2.52. The van der Waals surface area contributed by atoms with Crippen molar-refractivity contribution in [2.24, 2.45) is 0 Å². The molecule has 0 bridgehead atoms. The van der Waals surface area contributed by atoms with Crippen LogP contribution >= 0.6 is 0 Å². The molecule has 0 aliphatic rings. The number of nitrogen functional groups attached to an aromatic ring is 1. The summed E-state index contributed by atoms with van der Waals surface area (Å²) >= 11 is 0. The van der Waals surface area contributed by atoms with Crippen molar-refractivity contribution < 1.29 is 9.53 Å². The number of nitrogens with two attached hydrogens (primary N) is 1. The van der Waals surface area contributed by atoms with E-state index in [1.807, 2.05) is 32.0 Å². The van der Waals surface area contributed by atoms with Crippen molar-refractivity contribution in [2.75, 3.05) is 30.7 Å². The number of benzene rings is 1. The van der Waals surface area contributed by atoms with Gasteiger partial charge in [0.25, 0.3) is 0 Å². The van der Waals surface area contributed by atoms with Crippen molar-refractivity contribution in [2.45, 2.75) is 20.3 Å². The number of hydrogen-bond acceptors (Lipinski definition) is 4. The third-order valence-corrected chi connectivity index (χ3v) is 2.41. The summed E-state index contributed by atoms with van der Waals surface area (Å²) in [5.74, 6) is 0.699. The summed E-state index contributed by atoms with van der Waals surface area (Å²) in [5, 5.41) is 5.88. The number of carbonyl (C=O) groups is 1. The van der Waals surface area contributed by atoms with Gasteiger partial charge in [0.1, 0.15) is 5.75 Å². The molecule has 5 nitrogen and oxygen atoms in total. The standard InChI is InChI=1S/C13H21N3O2/c1-3-15-12(17)8-9-16-10-6-5-7-11(13(10)14)18-4-2/h5-7,16H,3-4,8-9,14H2,1-2H3,(H,15,17). The summed E-state index contributed by atoms with van der Waals surface area (Å²) in [6.07, 6.45) is 0.423. The molecule has 5 heteroatoms. The Morgan fingerprint density at radius 2 is 2.17 bits per heavy atom. The molecule has 1 rings (SSSR count). The Morgan fingerprint density at radius 1 is 1.39 bits per heavy atom. The molecule has 4 N–H and O–H groups in total. The fourth-order valence-corrected chi connectivity index (χ4v) is 1.58. The van der Waals surface area contributed by atoms with Crippen molar-refractivity contribution in [3.05, 3.63) is 18.2 Å². The fourth-order valence-electron chi connectivity index (χ4n) is 1.58. The average molecular weight is 251 g/mol. The Labute approximate surface area is 108 Å². The highest BCUT2D eigenvalue weighted by molar-refractivity contribution is 5.77. The summed E-state index contributed by atoms with van der Waals surface area (Å²) in [6.45, 7) is 5.59. The first-order valence-corrected chi connectivity index (χ1v) is 6.20. The van der Waals surface area contributed by atoms with Crippen LogP contribution in [-0.4, -0.2) is 25.6 Å². The molecule has 0 aliphatic carbocycles. The SMILES string of the molecule is CCNC(=O)CCNc1cccc(OCC)c1N. The van der Waals surface area contributed by atoms with Gasteiger partial charge in [-0.3, -0.25) is 4.79 Å². The van der Waals surface area contributed by atoms with E-state index in [9.17, 15) is 4.79 Å². The monoisotopic (exact) mass is 251 g/mol. The molecule has 1 aromatic rings. The van der Waals surface area contributed by atoms with Gasteiger partial charge in [-0.2, -0.15) is 0 Å². The van der Waals surface area contributed by atoms with Gasteiger partial charge in [0.05, 0.1) is 18.0 Å². The molecule has 0 spiro atoms. The molecular weight excluding hydrogens is 230 g/mol. The van der Waals surface area contributed by atoms with Gasteiger partial charge in [-0.15, -0.1) is 0 Å². The number of ether oxygens (including phenoxy) is 1. The van der Waals surface area contributed by atoms with E-state index in [1.165, 1.54) is 0 Å². The minimum absolute atomic E-state index is 0.0320. The molecule has 0 saturated heterocycles. The van der Waals surface area contributed by atoms with Crippen LogP contribution in [-0.2, 0) is 4.79 Å². The van der Waals surface area contributed by atoms with Crippen LogP contribution in [0.25, 0.3) is 0 Å². The highest BCUT2D eigenvalue weighted by Gasteiger charge is 2.05. The molecule has 1 aromatic carbocycles. The zero-order valence-electron chi connectivity index (χ0n) is 11.0. The van der Waals surface area contributed by atoms with Gasteiger partial charge in [-0.1, -0.05) is 6.07 Å². The van der Waals surface area contributed by atoms with Crippen molar-refractivity contribution in [3.8, 4) is 5.75 Å². The van der Waals surface area contributed by atoms with E-state index in [0.717, 1.165) is 5.69 Å². The van der Waals surface area contributed by atoms with E-state index in [-0.39, 0.29) is 5.91 Å². The number of nitrogens with one attached hydrogen (secondary N) is 2. The Morgan fingerprint density at radius 3 is 2.83 bits per heavy atom. The minimum Gasteiger partial charge on any atom is -0.492 e. The lowest BCUT2D eigenvalue weighted by atomic mass is 10.2. The number of amides is 1. The van der Waals surface area contributed by atoms with Crippen molar-refractivity contribution in [1.29, 1.82) is 0 Å². The first kappa shape index (κ1) is 14.2. The van der Waals surface area contributed by atoms with E-state index in [0.29, 0.717) is 37.6 Å². The van der Waals surface area contributed by atoms with Crippen LogP contribution < -0.4 is 21.1 Å². The van der Waals surface area contributed by atoms with Crippen molar-refractivity contribution >= 4 is 17.3 Å². The third-order valence-electron chi connectivity index (χ3n) is 2.41. The molecule has 0 atom stereocenters. The topological polar surface area (TPSA) is 76.4 Å². The first-order chi connectivity index (χ1) is 8.69. The van der Waals surface area contributed by atoms with Gasteiger partial charge in [0, 0.05) is 19.5 Å². The van der Waals surface area contributed by atoms with Gasteiger partial charge in [0.15, 0.2) is 0 Å². The second-order valence-corrected chi connectivity index (χ2v) is 3.78. The largest absolute Gasteiger partial charge is 0.492 e. The number of carbonyl (C=O) groups excluding carboxylic acids is 1. The van der Waals surface area contributed by atoms with Crippen LogP contribution in [0.3, 0.4) is 0 Å². The van der Waals surface area contributed by atoms with E-state index < -0.39 is 0 Å². The highest BCUT2D eigenvalue weighted by Crippen LogP contribution is 2.29. The molecule has 0 saturated carbocycles. The van der Waals surface area contributed by atoms with Gasteiger partial charge >= 0.3 is 0 Å². The lowest BCUT2D eigenvalue weighted by Crippen LogP contribution is -2.24. The van der Waals surface area contributed by atoms with Gasteiger partial charge in [0.2, 0.25) is 5.91 Å². The Kier molecular flexibility index (Phi) is 5.84. The summed E-state index contributed by atoms with van der Waals surface area (Å²) < 4.78 is 5.40. The van der Waals surface area contributed by atoms with E-state index in [2.05, 4.69) is 10.6 Å². The lowest BCUT2D eigenvalue weighted by Gasteiger charge is -2.12. The maximum atomic E-state index is 11.3. The molecule has 0 heterocycles. The number of para-hydroxylation sites is 1. The predicted molar refractivity (Wildman–Crippen MR) is 73.8 cm³/mol. The zero-order valence-corrected chi connectivity index (χ0v) is 11.0. The molecule has 0 aliphatic heterocycles. The second kappa shape index (κ2) is 7.42. The normalized spacial score (nSPS) is 9.89. The van der Waals surface area contributed by atoms with Crippen molar-refractivity contribution in [3.63, 3.8) is 0 Å². The van der Waals surface area contributed by atoms with Gasteiger partial charge in [-0.25, -0.2) is 0 Å². The van der Waals surface area contributed by atoms with Crippen LogP contribution in [0.2, 0.25) is 0 Å². The van der Waals surface area contributed by atoms with Crippen LogP contribution in [0, 0.1) is 0 Å². The molecule has 100 valence electrons. The molecule has 0 unspecified atom stereocenters. The number of anilines is 2. The molecule has 0 fully saturated rings. The minimum atomic E-state index is 0.0320. The summed E-state index contributed by atoms with van der Waals surface area (Å²) in [7, 11) is 0. The molecule has 1 amide bonds. The number of hydrogen-bond donors (Lipinski definition) is 3. The van der Waals surface area contributed by atoms with Crippen LogP contribution in [0.15, 0.2) is 18.2 Å². The third kappa shape index (κ3) is 4.16. The van der Waals surface area contributed by atoms with Gasteiger partial charge < -0.3 is 21.1 Å². The van der Waals surface area contributed by atoms with E-state index >= 15 is 0 Å². The summed E-state index contributed by atoms with van der Waals surface area (Å²) in [6, 6.07) is 5.57. The van der Waals surface area contributed by atoms with Crippen LogP contribution in [0.1, 0.15) is 20.3 Å². The van der Waals surface area contributed by atoms with E-state index in [1.54, 1.807) is 0 Å². The first-order valence-electron chi connectivity index (χ1n) is 6.20. The summed E-state index contributed by atoms with van der Waals surface area (Å²) in [4.78, 5) is 11.3. The predicted octanol–water partition coefficient (Wildman–Crippen LogP) is 1.61. The summed E-state index contributed by atoms with van der Waals surface area (Å²) in [5.41, 5.74) is 7.33. The van der Waals surface area contributed by atoms with Crippen LogP contribution in [0.5, 0.6) is 5.75 Å². The van der Waals surface area contributed by atoms with E-state index in [4.69, 9.17) is 10.5 Å². The Hall–Kier alpha value is -1.91. The molecule has 18 heavy (non-hydrogen) atoms. The smallest absolute Gasteiger partial charge is 0.221 e. The Bertz CT molecular complexity index is 394. The quantitative estimate of drug-likeness (QED) is 0.643. The zero-order chi connectivity index (χ0) is 13.4. The van der Waals surface area contributed by atoms with Gasteiger partial charge in [-0.05, 0) is 26.0 Å². The second-order valence-electron chi connectivity index (χ2n) is 3.78. The van der Waals surface area contributed by atoms with Crippen LogP contribution in [0.4, 0.5) is 11.4 Å².